The number of ketones is 1. The highest BCUT2D eigenvalue weighted by molar-refractivity contribution is 6.00. The van der Waals surface area contributed by atoms with E-state index in [-0.39, 0.29) is 23.2 Å². The molecule has 1 aromatic carbocycles. The number of aromatic hydroxyl groups is 1. The summed E-state index contributed by atoms with van der Waals surface area (Å²) >= 11 is 0. The number of hydrogen-bond acceptors (Lipinski definition) is 9. The number of amides is 1. The highest BCUT2D eigenvalue weighted by Crippen LogP contribution is 2.32. The topological polar surface area (TPSA) is 171 Å². The van der Waals surface area contributed by atoms with Crippen LogP contribution in [-0.4, -0.2) is 74.7 Å². The second-order valence-corrected chi connectivity index (χ2v) is 9.77. The van der Waals surface area contributed by atoms with Gasteiger partial charge in [0.15, 0.2) is 5.78 Å². The van der Waals surface area contributed by atoms with Gasteiger partial charge >= 0.3 is 18.0 Å². The van der Waals surface area contributed by atoms with Crippen molar-refractivity contribution in [2.75, 3.05) is 11.4 Å². The number of anilines is 1. The van der Waals surface area contributed by atoms with Gasteiger partial charge in [0, 0.05) is 12.0 Å². The monoisotopic (exact) mass is 519 g/mol. The van der Waals surface area contributed by atoms with Crippen molar-refractivity contribution in [3.63, 3.8) is 0 Å². The number of esters is 1. The number of phenolic OH excluding ortho intramolecular Hbond substituents is 1. The first-order chi connectivity index (χ1) is 17.1. The van der Waals surface area contributed by atoms with Gasteiger partial charge in [-0.3, -0.25) is 14.5 Å². The zero-order valence-electron chi connectivity index (χ0n) is 21.4. The molecule has 1 heterocycles. The van der Waals surface area contributed by atoms with Gasteiger partial charge in [-0.1, -0.05) is 25.2 Å². The van der Waals surface area contributed by atoms with Crippen LogP contribution < -0.4 is 4.90 Å². The van der Waals surface area contributed by atoms with Gasteiger partial charge in [0.05, 0.1) is 11.8 Å². The molecular weight excluding hydrogens is 486 g/mol. The van der Waals surface area contributed by atoms with Crippen molar-refractivity contribution in [3.8, 4) is 5.75 Å². The number of carboxylic acid groups (broad SMARTS) is 1. The van der Waals surface area contributed by atoms with Crippen LogP contribution in [0.15, 0.2) is 30.4 Å². The summed E-state index contributed by atoms with van der Waals surface area (Å²) in [7, 11) is 0. The minimum absolute atomic E-state index is 0.0411. The number of nitrogens with zero attached hydrogens (tertiary/aromatic N) is 1. The van der Waals surface area contributed by atoms with Gasteiger partial charge < -0.3 is 29.9 Å². The minimum atomic E-state index is -1.69. The third-order valence-corrected chi connectivity index (χ3v) is 5.48. The Balaban J connectivity index is 2.63. The maximum Gasteiger partial charge on any atom is 0.415 e. The van der Waals surface area contributed by atoms with Gasteiger partial charge in [-0.05, 0) is 51.8 Å². The molecule has 0 unspecified atom stereocenters. The van der Waals surface area contributed by atoms with Crippen LogP contribution >= 0.6 is 0 Å². The number of rotatable bonds is 3. The number of phenols is 1. The molecule has 0 spiro atoms. The fraction of sp³-hybridized carbons (Fsp3) is 0.462. The van der Waals surface area contributed by atoms with Crippen LogP contribution in [0.2, 0.25) is 0 Å². The summed E-state index contributed by atoms with van der Waals surface area (Å²) in [4.78, 5) is 50.2. The van der Waals surface area contributed by atoms with Crippen LogP contribution in [-0.2, 0) is 19.1 Å². The van der Waals surface area contributed by atoms with Crippen molar-refractivity contribution in [1.82, 2.24) is 0 Å². The summed E-state index contributed by atoms with van der Waals surface area (Å²) in [5.74, 6) is -4.01. The van der Waals surface area contributed by atoms with Gasteiger partial charge in [-0.25, -0.2) is 9.59 Å². The molecule has 1 aromatic rings. The van der Waals surface area contributed by atoms with Gasteiger partial charge in [-0.2, -0.15) is 0 Å². The van der Waals surface area contributed by atoms with E-state index in [1.165, 1.54) is 24.3 Å². The standard InChI is InChI=1S/C26H33NO10/c1-14-9-10-19(29)23(33)18(28)8-6-7-16-11-17(12-20(30)22(16)24(34)36-15(14)2)27(13-21(31)32)25(35)37-26(3,4)5/h6-7,9-12,14-15,18,23,28,30,33H,8,13H2,1-5H3,(H,31,32)/b7-6+,10-9-/t14-,15+,18+,23+/m1/s1. The van der Waals surface area contributed by atoms with E-state index in [0.717, 1.165) is 17.0 Å². The normalized spacial score (nSPS) is 24.7. The summed E-state index contributed by atoms with van der Waals surface area (Å²) < 4.78 is 10.8. The maximum atomic E-state index is 13.0. The lowest BCUT2D eigenvalue weighted by molar-refractivity contribution is -0.135. The Morgan fingerprint density at radius 3 is 2.38 bits per heavy atom. The van der Waals surface area contributed by atoms with E-state index in [1.807, 2.05) is 0 Å². The lowest BCUT2D eigenvalue weighted by atomic mass is 9.99. The van der Waals surface area contributed by atoms with Gasteiger partial charge in [0.25, 0.3) is 0 Å². The SMILES string of the molecule is C[C@@H]1/C=C\C(=O)[C@@H](O)[C@@H](O)C/C=C/c2cc(N(CC(=O)O)C(=O)OC(C)(C)C)cc(O)c2C(=O)O[C@H]1C. The molecule has 2 rings (SSSR count). The van der Waals surface area contributed by atoms with Crippen molar-refractivity contribution in [3.05, 3.63) is 41.5 Å². The number of aliphatic carboxylic acids is 1. The molecule has 1 aliphatic rings. The van der Waals surface area contributed by atoms with E-state index in [0.29, 0.717) is 0 Å². The number of hydrogen-bond donors (Lipinski definition) is 4. The molecule has 0 aromatic heterocycles. The van der Waals surface area contributed by atoms with Crippen LogP contribution in [0.5, 0.6) is 5.75 Å². The Morgan fingerprint density at radius 2 is 1.78 bits per heavy atom. The van der Waals surface area contributed by atoms with E-state index in [9.17, 15) is 39.6 Å². The Labute approximate surface area is 214 Å². The Kier molecular flexibility index (Phi) is 9.60. The summed E-state index contributed by atoms with van der Waals surface area (Å²) in [5, 5.41) is 40.5. The van der Waals surface area contributed by atoms with Crippen LogP contribution in [0.4, 0.5) is 10.5 Å². The van der Waals surface area contributed by atoms with E-state index < -0.39 is 65.9 Å². The van der Waals surface area contributed by atoms with Crippen molar-refractivity contribution < 1.29 is 49.1 Å². The number of ether oxygens (including phenoxy) is 2. The molecule has 4 N–H and O–H groups in total. The largest absolute Gasteiger partial charge is 0.507 e. The zero-order chi connectivity index (χ0) is 28.1. The molecule has 1 aliphatic heterocycles. The van der Waals surface area contributed by atoms with Crippen molar-refractivity contribution in [2.24, 2.45) is 5.92 Å². The molecular formula is C26H33NO10. The average molecular weight is 520 g/mol. The van der Waals surface area contributed by atoms with Gasteiger partial charge in [0.2, 0.25) is 0 Å². The molecule has 0 radical (unpaired) electrons. The highest BCUT2D eigenvalue weighted by atomic mass is 16.6. The second-order valence-electron chi connectivity index (χ2n) is 9.77. The molecule has 4 atom stereocenters. The number of carbonyl (C=O) groups excluding carboxylic acids is 3. The number of aliphatic hydroxyl groups is 2. The Hall–Kier alpha value is -3.70. The Morgan fingerprint density at radius 1 is 1.14 bits per heavy atom. The summed E-state index contributed by atoms with van der Waals surface area (Å²) in [5.41, 5.74) is -1.24. The van der Waals surface area contributed by atoms with Crippen molar-refractivity contribution in [2.45, 2.75) is 65.0 Å². The third kappa shape index (κ3) is 8.16. The number of aliphatic hydroxyl groups excluding tert-OH is 2. The van der Waals surface area contributed by atoms with E-state index in [2.05, 4.69) is 0 Å². The molecule has 0 saturated heterocycles. The molecule has 0 aliphatic carbocycles. The van der Waals surface area contributed by atoms with Gasteiger partial charge in [-0.15, -0.1) is 0 Å². The van der Waals surface area contributed by atoms with Crippen LogP contribution in [0.1, 0.15) is 57.0 Å². The molecule has 37 heavy (non-hydrogen) atoms. The van der Waals surface area contributed by atoms with E-state index >= 15 is 0 Å². The van der Waals surface area contributed by atoms with Crippen LogP contribution in [0.3, 0.4) is 0 Å². The first-order valence-corrected chi connectivity index (χ1v) is 11.7. The lowest BCUT2D eigenvalue weighted by Crippen LogP contribution is -2.40. The number of carbonyl (C=O) groups is 4. The predicted octanol–water partition coefficient (Wildman–Crippen LogP) is 2.66. The maximum absolute atomic E-state index is 13.0. The molecule has 0 bridgehead atoms. The highest BCUT2D eigenvalue weighted by Gasteiger charge is 2.29. The number of fused-ring (bicyclic) bond motifs is 1. The fourth-order valence-corrected chi connectivity index (χ4v) is 3.35. The molecule has 11 heteroatoms. The smallest absolute Gasteiger partial charge is 0.415 e. The fourth-order valence-electron chi connectivity index (χ4n) is 3.35. The van der Waals surface area contributed by atoms with Crippen LogP contribution in [0.25, 0.3) is 6.08 Å². The molecule has 0 saturated carbocycles. The van der Waals surface area contributed by atoms with Crippen molar-refractivity contribution in [1.29, 1.82) is 0 Å². The number of cyclic esters (lactones) is 1. The minimum Gasteiger partial charge on any atom is -0.507 e. The van der Waals surface area contributed by atoms with Crippen molar-refractivity contribution >= 4 is 35.6 Å². The van der Waals surface area contributed by atoms with Gasteiger partial charge in [0.1, 0.15) is 35.7 Å². The average Bonchev–Trinajstić information content (AvgIpc) is 2.77. The summed E-state index contributed by atoms with van der Waals surface area (Å²) in [6.45, 7) is 7.26. The Bertz CT molecular complexity index is 1100. The number of carboxylic acids is 1. The summed E-state index contributed by atoms with van der Waals surface area (Å²) in [6, 6.07) is 2.34. The van der Waals surface area contributed by atoms with E-state index in [1.54, 1.807) is 34.6 Å². The van der Waals surface area contributed by atoms with Crippen LogP contribution in [0, 0.1) is 5.92 Å². The third-order valence-electron chi connectivity index (χ3n) is 5.48. The summed E-state index contributed by atoms with van der Waals surface area (Å²) in [6.07, 6.45) is 0.146. The quantitative estimate of drug-likeness (QED) is 0.435. The first-order valence-electron chi connectivity index (χ1n) is 11.7. The molecule has 11 nitrogen and oxygen atoms in total. The predicted molar refractivity (Wildman–Crippen MR) is 133 cm³/mol. The molecule has 202 valence electrons. The molecule has 0 fully saturated rings. The zero-order valence-corrected chi connectivity index (χ0v) is 21.4. The second kappa shape index (κ2) is 12.0. The first kappa shape index (κ1) is 29.5. The number of benzene rings is 1. The van der Waals surface area contributed by atoms with E-state index in [4.69, 9.17) is 9.47 Å². The molecule has 1 amide bonds. The lowest BCUT2D eigenvalue weighted by Gasteiger charge is -2.27.